The quantitative estimate of drug-likeness (QED) is 0.693. The van der Waals surface area contributed by atoms with Gasteiger partial charge in [-0.1, -0.05) is 30.9 Å². The van der Waals surface area contributed by atoms with Gasteiger partial charge in [0.2, 0.25) is 0 Å². The lowest BCUT2D eigenvalue weighted by Gasteiger charge is -2.12. The maximum Gasteiger partial charge on any atom is 0.123 e. The van der Waals surface area contributed by atoms with Gasteiger partial charge in [0.1, 0.15) is 5.82 Å². The van der Waals surface area contributed by atoms with Gasteiger partial charge >= 0.3 is 0 Å². The summed E-state index contributed by atoms with van der Waals surface area (Å²) in [6, 6.07) is 4.29. The Kier molecular flexibility index (Phi) is 7.71. The summed E-state index contributed by atoms with van der Waals surface area (Å²) in [7, 11) is 0. The van der Waals surface area contributed by atoms with Gasteiger partial charge in [0.25, 0.3) is 0 Å². The fourth-order valence-corrected chi connectivity index (χ4v) is 2.00. The van der Waals surface area contributed by atoms with E-state index < -0.39 is 11.9 Å². The Morgan fingerprint density at radius 2 is 2.18 bits per heavy atom. The molecule has 1 aromatic rings. The fourth-order valence-electron chi connectivity index (χ4n) is 2.00. The maximum atomic E-state index is 13.4. The summed E-state index contributed by atoms with van der Waals surface area (Å²) in [5.74, 6) is -0.939. The molecule has 0 aliphatic rings. The zero-order chi connectivity index (χ0) is 16.5. The predicted molar refractivity (Wildman–Crippen MR) is 85.6 cm³/mol. The molecule has 1 aromatic carbocycles. The van der Waals surface area contributed by atoms with Crippen molar-refractivity contribution in [2.45, 2.75) is 32.0 Å². The highest BCUT2D eigenvalue weighted by molar-refractivity contribution is 5.54. The van der Waals surface area contributed by atoms with Crippen LogP contribution < -0.4 is 0 Å². The molecule has 120 valence electrons. The Morgan fingerprint density at radius 1 is 1.45 bits per heavy atom. The third-order valence-electron chi connectivity index (χ3n) is 3.04. The number of aliphatic hydroxyl groups excluding tert-OH is 1. The van der Waals surface area contributed by atoms with Crippen molar-refractivity contribution in [1.29, 1.82) is 0 Å². The smallest absolute Gasteiger partial charge is 0.123 e. The van der Waals surface area contributed by atoms with Gasteiger partial charge in [0.15, 0.2) is 0 Å². The van der Waals surface area contributed by atoms with Crippen molar-refractivity contribution in [2.75, 3.05) is 6.61 Å². The molecule has 2 unspecified atom stereocenters. The molecule has 0 radical (unpaired) electrons. The molecule has 0 aromatic heterocycles. The van der Waals surface area contributed by atoms with Gasteiger partial charge in [-0.2, -0.15) is 0 Å². The van der Waals surface area contributed by atoms with Gasteiger partial charge < -0.3 is 9.84 Å². The van der Waals surface area contributed by atoms with Crippen molar-refractivity contribution >= 4 is 6.08 Å². The van der Waals surface area contributed by atoms with E-state index in [9.17, 15) is 13.9 Å². The lowest BCUT2D eigenvalue weighted by molar-refractivity contribution is 0.124. The number of halogens is 2. The van der Waals surface area contributed by atoms with Crippen molar-refractivity contribution in [2.24, 2.45) is 0 Å². The summed E-state index contributed by atoms with van der Waals surface area (Å²) in [5.41, 5.74) is 1.37. The molecular weight excluding hydrogens is 286 g/mol. The van der Waals surface area contributed by atoms with Crippen LogP contribution in [0.5, 0.6) is 0 Å². The van der Waals surface area contributed by atoms with E-state index in [1.165, 1.54) is 12.1 Å². The number of rotatable bonds is 9. The van der Waals surface area contributed by atoms with Crippen molar-refractivity contribution in [1.82, 2.24) is 0 Å². The SMILES string of the molecule is C=CCOC(C)/C=C\c1cc(F)ccc1CC(O)CC(=C)F. The van der Waals surface area contributed by atoms with E-state index >= 15 is 0 Å². The van der Waals surface area contributed by atoms with E-state index in [4.69, 9.17) is 4.74 Å². The van der Waals surface area contributed by atoms with Crippen LogP contribution in [-0.4, -0.2) is 23.9 Å². The molecule has 0 amide bonds. The molecule has 1 N–H and O–H groups in total. The van der Waals surface area contributed by atoms with Crippen LogP contribution in [0.2, 0.25) is 0 Å². The van der Waals surface area contributed by atoms with Gasteiger partial charge in [-0.05, 0) is 36.6 Å². The van der Waals surface area contributed by atoms with Crippen LogP contribution in [-0.2, 0) is 11.2 Å². The summed E-state index contributed by atoms with van der Waals surface area (Å²) in [6.07, 6.45) is 4.25. The molecule has 0 spiro atoms. The molecule has 0 saturated carbocycles. The van der Waals surface area contributed by atoms with Crippen LogP contribution in [0.15, 0.2) is 49.3 Å². The minimum absolute atomic E-state index is 0.126. The van der Waals surface area contributed by atoms with Gasteiger partial charge in [-0.25, -0.2) is 8.78 Å². The second-order valence-electron chi connectivity index (χ2n) is 5.11. The Morgan fingerprint density at radius 3 is 2.82 bits per heavy atom. The first-order chi connectivity index (χ1) is 10.4. The summed E-state index contributed by atoms with van der Waals surface area (Å²) in [5, 5.41) is 9.81. The zero-order valence-corrected chi connectivity index (χ0v) is 12.8. The molecule has 2 nitrogen and oxygen atoms in total. The normalized spacial score (nSPS) is 14.0. The predicted octanol–water partition coefficient (Wildman–Crippen LogP) is 4.21. The number of hydrogen-bond acceptors (Lipinski definition) is 2. The highest BCUT2D eigenvalue weighted by Gasteiger charge is 2.11. The lowest BCUT2D eigenvalue weighted by atomic mass is 9.99. The van der Waals surface area contributed by atoms with Crippen LogP contribution in [0, 0.1) is 5.82 Å². The fraction of sp³-hybridized carbons (Fsp3) is 0.333. The summed E-state index contributed by atoms with van der Waals surface area (Å²) < 4.78 is 31.6. The average Bonchev–Trinajstić information content (AvgIpc) is 2.44. The van der Waals surface area contributed by atoms with Crippen molar-refractivity contribution < 1.29 is 18.6 Å². The van der Waals surface area contributed by atoms with Crippen LogP contribution in [0.1, 0.15) is 24.5 Å². The van der Waals surface area contributed by atoms with Gasteiger partial charge in [0.05, 0.1) is 24.6 Å². The molecule has 22 heavy (non-hydrogen) atoms. The third kappa shape index (κ3) is 6.78. The van der Waals surface area contributed by atoms with Crippen LogP contribution in [0.25, 0.3) is 6.08 Å². The Hall–Kier alpha value is -1.78. The first-order valence-electron chi connectivity index (χ1n) is 7.12. The summed E-state index contributed by atoms with van der Waals surface area (Å²) >= 11 is 0. The van der Waals surface area contributed by atoms with E-state index in [2.05, 4.69) is 13.2 Å². The van der Waals surface area contributed by atoms with E-state index in [0.29, 0.717) is 12.2 Å². The largest absolute Gasteiger partial charge is 0.392 e. The van der Waals surface area contributed by atoms with Crippen molar-refractivity contribution in [3.8, 4) is 0 Å². The number of aliphatic hydroxyl groups is 1. The lowest BCUT2D eigenvalue weighted by Crippen LogP contribution is -2.11. The van der Waals surface area contributed by atoms with Crippen LogP contribution in [0.3, 0.4) is 0 Å². The number of benzene rings is 1. The molecule has 0 heterocycles. The van der Waals surface area contributed by atoms with E-state index in [1.807, 2.05) is 6.92 Å². The van der Waals surface area contributed by atoms with Crippen molar-refractivity contribution in [3.05, 3.63) is 66.3 Å². The number of hydrogen-bond donors (Lipinski definition) is 1. The summed E-state index contributed by atoms with van der Waals surface area (Å²) in [6.45, 7) is 9.00. The highest BCUT2D eigenvalue weighted by atomic mass is 19.1. The maximum absolute atomic E-state index is 13.4. The molecule has 0 aliphatic heterocycles. The van der Waals surface area contributed by atoms with Gasteiger partial charge in [0, 0.05) is 6.42 Å². The molecule has 2 atom stereocenters. The topological polar surface area (TPSA) is 29.5 Å². The molecular formula is C18H22F2O2. The highest BCUT2D eigenvalue weighted by Crippen LogP contribution is 2.18. The monoisotopic (exact) mass is 308 g/mol. The van der Waals surface area contributed by atoms with Gasteiger partial charge in [-0.15, -0.1) is 6.58 Å². The first kappa shape index (κ1) is 18.3. The third-order valence-corrected chi connectivity index (χ3v) is 3.04. The standard InChI is InChI=1S/C18H22F2O2/c1-4-9-22-14(3)5-6-15-11-17(20)8-7-16(15)12-18(21)10-13(2)19/h4-8,11,14,18,21H,1-2,9-10,12H2,3H3/b6-5-. The minimum Gasteiger partial charge on any atom is -0.392 e. The molecule has 1 rings (SSSR count). The molecule has 0 fully saturated rings. The Bertz CT molecular complexity index is 538. The van der Waals surface area contributed by atoms with Gasteiger partial charge in [-0.3, -0.25) is 0 Å². The van der Waals surface area contributed by atoms with E-state index in [1.54, 1.807) is 24.3 Å². The molecule has 4 heteroatoms. The van der Waals surface area contributed by atoms with Crippen molar-refractivity contribution in [3.63, 3.8) is 0 Å². The van der Waals surface area contributed by atoms with E-state index in [-0.39, 0.29) is 24.8 Å². The molecule has 0 saturated heterocycles. The van der Waals surface area contributed by atoms with Crippen LogP contribution >= 0.6 is 0 Å². The Balaban J connectivity index is 2.83. The minimum atomic E-state index is -0.885. The first-order valence-corrected chi connectivity index (χ1v) is 7.12. The zero-order valence-electron chi connectivity index (χ0n) is 12.8. The average molecular weight is 308 g/mol. The second-order valence-corrected chi connectivity index (χ2v) is 5.11. The van der Waals surface area contributed by atoms with E-state index in [0.717, 1.165) is 5.56 Å². The summed E-state index contributed by atoms with van der Waals surface area (Å²) in [4.78, 5) is 0. The Labute approximate surface area is 130 Å². The molecule has 0 bridgehead atoms. The van der Waals surface area contributed by atoms with Crippen LogP contribution in [0.4, 0.5) is 8.78 Å². The second kappa shape index (κ2) is 9.28. The number of ether oxygens (including phenoxy) is 1. The molecule has 0 aliphatic carbocycles.